The Hall–Kier alpha value is -0.770. The number of likely N-dealkylation sites (N-methyl/N-ethyl adjacent to an activating group) is 1. The molecule has 0 bridgehead atoms. The predicted molar refractivity (Wildman–Crippen MR) is 64.5 cm³/mol. The van der Waals surface area contributed by atoms with Crippen LogP contribution in [0.25, 0.3) is 0 Å². The third-order valence-corrected chi connectivity index (χ3v) is 2.83. The summed E-state index contributed by atoms with van der Waals surface area (Å²) in [4.78, 5) is 15.7. The minimum Gasteiger partial charge on any atom is -0.377 e. The highest BCUT2D eigenvalue weighted by atomic mass is 16.5. The van der Waals surface area contributed by atoms with Gasteiger partial charge in [-0.1, -0.05) is 0 Å². The first-order valence-electron chi connectivity index (χ1n) is 6.23. The van der Waals surface area contributed by atoms with Gasteiger partial charge in [-0.25, -0.2) is 4.79 Å². The highest BCUT2D eigenvalue weighted by Gasteiger charge is 2.19. The van der Waals surface area contributed by atoms with Crippen molar-refractivity contribution in [2.24, 2.45) is 0 Å². The Morgan fingerprint density at radius 1 is 1.31 bits per heavy atom. The SMILES string of the molecule is CC(C)OCCN(C)C(=O)N1CCCCC1. The van der Waals surface area contributed by atoms with Crippen molar-refractivity contribution in [1.82, 2.24) is 9.80 Å². The van der Waals surface area contributed by atoms with Gasteiger partial charge in [0, 0.05) is 26.7 Å². The lowest BCUT2D eigenvalue weighted by atomic mass is 10.1. The van der Waals surface area contributed by atoms with Gasteiger partial charge in [-0.3, -0.25) is 0 Å². The average Bonchev–Trinajstić information content (AvgIpc) is 2.28. The molecule has 0 aromatic heterocycles. The van der Waals surface area contributed by atoms with Crippen LogP contribution in [0.15, 0.2) is 0 Å². The van der Waals surface area contributed by atoms with Crippen molar-refractivity contribution in [3.63, 3.8) is 0 Å². The molecule has 0 spiro atoms. The van der Waals surface area contributed by atoms with Crippen molar-refractivity contribution in [1.29, 1.82) is 0 Å². The molecule has 1 aliphatic rings. The van der Waals surface area contributed by atoms with Gasteiger partial charge in [0.1, 0.15) is 0 Å². The molecule has 0 aromatic carbocycles. The van der Waals surface area contributed by atoms with Gasteiger partial charge in [-0.05, 0) is 33.1 Å². The zero-order valence-corrected chi connectivity index (χ0v) is 10.7. The second kappa shape index (κ2) is 6.74. The molecule has 2 amide bonds. The summed E-state index contributed by atoms with van der Waals surface area (Å²) in [6.07, 6.45) is 3.77. The number of urea groups is 1. The van der Waals surface area contributed by atoms with E-state index in [0.29, 0.717) is 13.2 Å². The summed E-state index contributed by atoms with van der Waals surface area (Å²) in [5.74, 6) is 0. The van der Waals surface area contributed by atoms with Gasteiger partial charge in [0.25, 0.3) is 0 Å². The fourth-order valence-electron chi connectivity index (χ4n) is 1.85. The fourth-order valence-corrected chi connectivity index (χ4v) is 1.85. The minimum absolute atomic E-state index is 0.145. The minimum atomic E-state index is 0.145. The maximum absolute atomic E-state index is 12.0. The Balaban J connectivity index is 2.23. The molecule has 16 heavy (non-hydrogen) atoms. The molecule has 1 saturated heterocycles. The first-order valence-corrected chi connectivity index (χ1v) is 6.23. The summed E-state index contributed by atoms with van der Waals surface area (Å²) in [5, 5.41) is 0. The smallest absolute Gasteiger partial charge is 0.319 e. The summed E-state index contributed by atoms with van der Waals surface area (Å²) >= 11 is 0. The number of piperidine rings is 1. The van der Waals surface area contributed by atoms with Gasteiger partial charge in [-0.15, -0.1) is 0 Å². The van der Waals surface area contributed by atoms with Crippen molar-refractivity contribution >= 4 is 6.03 Å². The topological polar surface area (TPSA) is 32.8 Å². The van der Waals surface area contributed by atoms with Crippen LogP contribution in [0.2, 0.25) is 0 Å². The van der Waals surface area contributed by atoms with Gasteiger partial charge in [0.2, 0.25) is 0 Å². The molecule has 4 heteroatoms. The van der Waals surface area contributed by atoms with Crippen LogP contribution in [0.4, 0.5) is 4.79 Å². The quantitative estimate of drug-likeness (QED) is 0.736. The molecular formula is C12H24N2O2. The highest BCUT2D eigenvalue weighted by Crippen LogP contribution is 2.10. The number of nitrogens with zero attached hydrogens (tertiary/aromatic N) is 2. The van der Waals surface area contributed by atoms with E-state index in [0.717, 1.165) is 25.9 Å². The van der Waals surface area contributed by atoms with Crippen LogP contribution in [0, 0.1) is 0 Å². The molecular weight excluding hydrogens is 204 g/mol. The van der Waals surface area contributed by atoms with Gasteiger partial charge >= 0.3 is 6.03 Å². The van der Waals surface area contributed by atoms with Crippen LogP contribution in [-0.4, -0.2) is 55.2 Å². The van der Waals surface area contributed by atoms with Crippen molar-refractivity contribution in [2.75, 3.05) is 33.3 Å². The molecule has 0 saturated carbocycles. The standard InChI is InChI=1S/C12H24N2O2/c1-11(2)16-10-9-13(3)12(15)14-7-5-4-6-8-14/h11H,4-10H2,1-3H3. The summed E-state index contributed by atoms with van der Waals surface area (Å²) in [6.45, 7) is 7.13. The van der Waals surface area contributed by atoms with Crippen molar-refractivity contribution in [2.45, 2.75) is 39.2 Å². The molecule has 0 unspecified atom stereocenters. The molecule has 0 aliphatic carbocycles. The largest absolute Gasteiger partial charge is 0.377 e. The number of amides is 2. The van der Waals surface area contributed by atoms with Crippen LogP contribution in [0.1, 0.15) is 33.1 Å². The van der Waals surface area contributed by atoms with Crippen LogP contribution >= 0.6 is 0 Å². The van der Waals surface area contributed by atoms with E-state index in [9.17, 15) is 4.79 Å². The summed E-state index contributed by atoms with van der Waals surface area (Å²) in [7, 11) is 1.85. The van der Waals surface area contributed by atoms with Crippen molar-refractivity contribution in [3.05, 3.63) is 0 Å². The Kier molecular flexibility index (Phi) is 5.60. The normalized spacial score (nSPS) is 16.6. The second-order valence-corrected chi connectivity index (χ2v) is 4.67. The summed E-state index contributed by atoms with van der Waals surface area (Å²) in [5.41, 5.74) is 0. The van der Waals surface area contributed by atoms with Crippen molar-refractivity contribution in [3.8, 4) is 0 Å². The third kappa shape index (κ3) is 4.39. The van der Waals surface area contributed by atoms with Gasteiger partial charge < -0.3 is 14.5 Å². The lowest BCUT2D eigenvalue weighted by molar-refractivity contribution is 0.0635. The zero-order chi connectivity index (χ0) is 12.0. The van der Waals surface area contributed by atoms with E-state index >= 15 is 0 Å². The Morgan fingerprint density at radius 2 is 1.94 bits per heavy atom. The van der Waals surface area contributed by atoms with Crippen LogP contribution in [0.3, 0.4) is 0 Å². The van der Waals surface area contributed by atoms with E-state index in [4.69, 9.17) is 4.74 Å². The third-order valence-electron chi connectivity index (χ3n) is 2.83. The van der Waals surface area contributed by atoms with Gasteiger partial charge in [-0.2, -0.15) is 0 Å². The summed E-state index contributed by atoms with van der Waals surface area (Å²) in [6, 6.07) is 0.145. The number of likely N-dealkylation sites (tertiary alicyclic amines) is 1. The van der Waals surface area contributed by atoms with Crippen molar-refractivity contribution < 1.29 is 9.53 Å². The summed E-state index contributed by atoms with van der Waals surface area (Å²) < 4.78 is 5.44. The van der Waals surface area contributed by atoms with E-state index in [1.807, 2.05) is 25.8 Å². The van der Waals surface area contributed by atoms with E-state index in [-0.39, 0.29) is 12.1 Å². The number of carbonyl (C=O) groups excluding carboxylic acids is 1. The monoisotopic (exact) mass is 228 g/mol. The second-order valence-electron chi connectivity index (χ2n) is 4.67. The van der Waals surface area contributed by atoms with E-state index in [1.165, 1.54) is 6.42 Å². The first-order chi connectivity index (χ1) is 7.61. The average molecular weight is 228 g/mol. The maximum atomic E-state index is 12.0. The Bertz CT molecular complexity index is 213. The van der Waals surface area contributed by atoms with Crippen LogP contribution in [-0.2, 0) is 4.74 Å². The maximum Gasteiger partial charge on any atom is 0.319 e. The molecule has 0 aromatic rings. The Labute approximate surface area is 98.5 Å². The number of rotatable bonds is 4. The molecule has 1 fully saturated rings. The highest BCUT2D eigenvalue weighted by molar-refractivity contribution is 5.74. The number of hydrogen-bond donors (Lipinski definition) is 0. The van der Waals surface area contributed by atoms with E-state index in [2.05, 4.69) is 0 Å². The Morgan fingerprint density at radius 3 is 2.50 bits per heavy atom. The molecule has 94 valence electrons. The first kappa shape index (κ1) is 13.3. The number of hydrogen-bond acceptors (Lipinski definition) is 2. The number of carbonyl (C=O) groups is 1. The molecule has 0 atom stereocenters. The van der Waals surface area contributed by atoms with Crippen LogP contribution < -0.4 is 0 Å². The zero-order valence-electron chi connectivity index (χ0n) is 10.7. The van der Waals surface area contributed by atoms with E-state index in [1.54, 1.807) is 4.90 Å². The number of ether oxygens (including phenoxy) is 1. The molecule has 0 N–H and O–H groups in total. The van der Waals surface area contributed by atoms with Crippen LogP contribution in [0.5, 0.6) is 0 Å². The lowest BCUT2D eigenvalue weighted by Crippen LogP contribution is -2.44. The molecule has 1 aliphatic heterocycles. The molecule has 1 heterocycles. The molecule has 1 rings (SSSR count). The molecule has 0 radical (unpaired) electrons. The predicted octanol–water partition coefficient (Wildman–Crippen LogP) is 1.95. The van der Waals surface area contributed by atoms with Gasteiger partial charge in [0.15, 0.2) is 0 Å². The van der Waals surface area contributed by atoms with Gasteiger partial charge in [0.05, 0.1) is 12.7 Å². The fraction of sp³-hybridized carbons (Fsp3) is 0.917. The molecule has 4 nitrogen and oxygen atoms in total. The lowest BCUT2D eigenvalue weighted by Gasteiger charge is -2.31. The van der Waals surface area contributed by atoms with E-state index < -0.39 is 0 Å².